The molecule has 0 N–H and O–H groups in total. The molecule has 2 atom stereocenters. The van der Waals surface area contributed by atoms with Crippen LogP contribution in [0.1, 0.15) is 30.4 Å². The Labute approximate surface area is 135 Å². The van der Waals surface area contributed by atoms with Gasteiger partial charge < -0.3 is 4.90 Å². The Balaban J connectivity index is 1.82. The third-order valence-corrected chi connectivity index (χ3v) is 5.53. The van der Waals surface area contributed by atoms with Crippen LogP contribution < -0.4 is 0 Å². The van der Waals surface area contributed by atoms with Crippen molar-refractivity contribution in [2.45, 2.75) is 31.2 Å². The lowest BCUT2D eigenvalue weighted by molar-refractivity contribution is -0.132. The van der Waals surface area contributed by atoms with Crippen LogP contribution in [0.4, 0.5) is 0 Å². The van der Waals surface area contributed by atoms with Gasteiger partial charge in [-0.1, -0.05) is 37.3 Å². The van der Waals surface area contributed by atoms with Crippen molar-refractivity contribution < 1.29 is 4.79 Å². The molecule has 4 heteroatoms. The Morgan fingerprint density at radius 1 is 1.23 bits per heavy atom. The fraction of sp³-hybridized carbons (Fsp3) is 0.333. The highest BCUT2D eigenvalue weighted by Gasteiger charge is 2.33. The lowest BCUT2D eigenvalue weighted by Gasteiger charge is -2.39. The Morgan fingerprint density at radius 3 is 2.68 bits per heavy atom. The number of thioether (sulfide) groups is 1. The van der Waals surface area contributed by atoms with Crippen LogP contribution in [0.25, 0.3) is 0 Å². The van der Waals surface area contributed by atoms with Gasteiger partial charge in [0.05, 0.1) is 5.37 Å². The summed E-state index contributed by atoms with van der Waals surface area (Å²) in [5.74, 6) is 1.48. The second kappa shape index (κ2) is 6.97. The standard InChI is InChI=1S/C18H20N2OS/c1-14(16-5-3-2-4-6-16)18-20(17(21)9-12-22-18)13-15-7-10-19-11-8-15/h2-8,10-11,14,18H,9,12-13H2,1H3. The number of aromatic nitrogens is 1. The predicted molar refractivity (Wildman–Crippen MR) is 90.5 cm³/mol. The third-order valence-electron chi connectivity index (χ3n) is 4.09. The first kappa shape index (κ1) is 15.1. The number of carbonyl (C=O) groups excluding carboxylic acids is 1. The molecule has 0 radical (unpaired) electrons. The van der Waals surface area contributed by atoms with Crippen molar-refractivity contribution in [1.29, 1.82) is 0 Å². The minimum absolute atomic E-state index is 0.191. The zero-order valence-corrected chi connectivity index (χ0v) is 13.5. The number of hydrogen-bond acceptors (Lipinski definition) is 3. The van der Waals surface area contributed by atoms with E-state index < -0.39 is 0 Å². The average molecular weight is 312 g/mol. The van der Waals surface area contributed by atoms with Gasteiger partial charge in [-0.3, -0.25) is 9.78 Å². The zero-order valence-electron chi connectivity index (χ0n) is 12.7. The molecule has 0 spiro atoms. The first-order valence-electron chi connectivity index (χ1n) is 7.60. The Kier molecular flexibility index (Phi) is 4.78. The van der Waals surface area contributed by atoms with Crippen molar-refractivity contribution in [3.63, 3.8) is 0 Å². The molecule has 1 aliphatic rings. The van der Waals surface area contributed by atoms with Crippen LogP contribution in [0.5, 0.6) is 0 Å². The van der Waals surface area contributed by atoms with Gasteiger partial charge in [0.15, 0.2) is 0 Å². The van der Waals surface area contributed by atoms with Gasteiger partial charge in [0, 0.05) is 37.0 Å². The van der Waals surface area contributed by atoms with Gasteiger partial charge >= 0.3 is 0 Å². The quantitative estimate of drug-likeness (QED) is 0.863. The summed E-state index contributed by atoms with van der Waals surface area (Å²) < 4.78 is 0. The second-order valence-corrected chi connectivity index (χ2v) is 6.81. The summed E-state index contributed by atoms with van der Waals surface area (Å²) in [4.78, 5) is 18.5. The maximum atomic E-state index is 12.4. The third kappa shape index (κ3) is 3.33. The highest BCUT2D eigenvalue weighted by molar-refractivity contribution is 8.00. The van der Waals surface area contributed by atoms with E-state index in [4.69, 9.17) is 0 Å². The molecule has 0 bridgehead atoms. The van der Waals surface area contributed by atoms with E-state index >= 15 is 0 Å². The summed E-state index contributed by atoms with van der Waals surface area (Å²) >= 11 is 1.89. The SMILES string of the molecule is CC(c1ccccc1)C1SCCC(=O)N1Cc1ccncc1. The fourth-order valence-electron chi connectivity index (χ4n) is 2.84. The molecular weight excluding hydrogens is 292 g/mol. The van der Waals surface area contributed by atoms with E-state index in [1.54, 1.807) is 12.4 Å². The molecule has 3 rings (SSSR count). The van der Waals surface area contributed by atoms with Crippen molar-refractivity contribution in [1.82, 2.24) is 9.88 Å². The van der Waals surface area contributed by atoms with Crippen LogP contribution in [0.3, 0.4) is 0 Å². The maximum absolute atomic E-state index is 12.4. The van der Waals surface area contributed by atoms with Crippen LogP contribution in [0.2, 0.25) is 0 Å². The van der Waals surface area contributed by atoms with Crippen LogP contribution in [-0.4, -0.2) is 26.9 Å². The Hall–Kier alpha value is -1.81. The van der Waals surface area contributed by atoms with Crippen LogP contribution in [-0.2, 0) is 11.3 Å². The molecule has 3 nitrogen and oxygen atoms in total. The summed E-state index contributed by atoms with van der Waals surface area (Å²) in [5.41, 5.74) is 2.42. The number of amides is 1. The van der Waals surface area contributed by atoms with E-state index in [0.717, 1.165) is 11.3 Å². The number of nitrogens with zero attached hydrogens (tertiary/aromatic N) is 2. The first-order valence-corrected chi connectivity index (χ1v) is 8.65. The van der Waals surface area contributed by atoms with Gasteiger partial charge in [-0.2, -0.15) is 0 Å². The van der Waals surface area contributed by atoms with Crippen LogP contribution in [0.15, 0.2) is 54.9 Å². The highest BCUT2D eigenvalue weighted by atomic mass is 32.2. The lowest BCUT2D eigenvalue weighted by Crippen LogP contribution is -2.44. The minimum atomic E-state index is 0.191. The summed E-state index contributed by atoms with van der Waals surface area (Å²) in [5, 5.41) is 0.191. The molecule has 0 saturated carbocycles. The van der Waals surface area contributed by atoms with Gasteiger partial charge in [0.2, 0.25) is 5.91 Å². The Morgan fingerprint density at radius 2 is 1.95 bits per heavy atom. The highest BCUT2D eigenvalue weighted by Crippen LogP contribution is 2.35. The molecule has 22 heavy (non-hydrogen) atoms. The van der Waals surface area contributed by atoms with Crippen molar-refractivity contribution in [3.8, 4) is 0 Å². The monoisotopic (exact) mass is 312 g/mol. The fourth-order valence-corrected chi connectivity index (χ4v) is 4.19. The van der Waals surface area contributed by atoms with Gasteiger partial charge in [0.25, 0.3) is 0 Å². The van der Waals surface area contributed by atoms with Crippen LogP contribution >= 0.6 is 11.8 Å². The smallest absolute Gasteiger partial charge is 0.224 e. The largest absolute Gasteiger partial charge is 0.326 e. The van der Waals surface area contributed by atoms with Gasteiger partial charge in [-0.25, -0.2) is 0 Å². The van der Waals surface area contributed by atoms with Crippen molar-refractivity contribution in [2.75, 3.05) is 5.75 Å². The molecule has 1 aromatic heterocycles. The van der Waals surface area contributed by atoms with Crippen molar-refractivity contribution >= 4 is 17.7 Å². The van der Waals surface area contributed by atoms with E-state index in [-0.39, 0.29) is 11.3 Å². The first-order chi connectivity index (χ1) is 10.8. The molecule has 2 unspecified atom stereocenters. The van der Waals surface area contributed by atoms with E-state index in [1.807, 2.05) is 34.9 Å². The topological polar surface area (TPSA) is 33.2 Å². The minimum Gasteiger partial charge on any atom is -0.326 e. The molecule has 1 saturated heterocycles. The molecule has 1 aromatic carbocycles. The molecule has 2 heterocycles. The molecule has 1 aliphatic heterocycles. The van der Waals surface area contributed by atoms with Gasteiger partial charge in [-0.15, -0.1) is 11.8 Å². The normalized spacial score (nSPS) is 20.0. The van der Waals surface area contributed by atoms with E-state index in [1.165, 1.54) is 5.56 Å². The maximum Gasteiger partial charge on any atom is 0.224 e. The Bertz CT molecular complexity index is 617. The number of hydrogen-bond donors (Lipinski definition) is 0. The van der Waals surface area contributed by atoms with Gasteiger partial charge in [0.1, 0.15) is 0 Å². The number of pyridine rings is 1. The van der Waals surface area contributed by atoms with Crippen LogP contribution in [0, 0.1) is 0 Å². The molecule has 0 aliphatic carbocycles. The summed E-state index contributed by atoms with van der Waals surface area (Å²) in [6.45, 7) is 2.88. The molecule has 114 valence electrons. The summed E-state index contributed by atoms with van der Waals surface area (Å²) in [7, 11) is 0. The molecule has 2 aromatic rings. The van der Waals surface area contributed by atoms with E-state index in [0.29, 0.717) is 18.9 Å². The summed E-state index contributed by atoms with van der Waals surface area (Å²) in [6, 6.07) is 14.4. The van der Waals surface area contributed by atoms with Gasteiger partial charge in [-0.05, 0) is 23.3 Å². The number of benzene rings is 1. The lowest BCUT2D eigenvalue weighted by atomic mass is 9.99. The second-order valence-electron chi connectivity index (χ2n) is 5.59. The van der Waals surface area contributed by atoms with Crippen molar-refractivity contribution in [2.24, 2.45) is 0 Å². The molecule has 1 amide bonds. The zero-order chi connectivity index (χ0) is 15.4. The molecule has 1 fully saturated rings. The number of carbonyl (C=O) groups is 1. The van der Waals surface area contributed by atoms with Crippen molar-refractivity contribution in [3.05, 3.63) is 66.0 Å². The molecular formula is C18H20N2OS. The predicted octanol–water partition coefficient (Wildman–Crippen LogP) is 3.68. The van der Waals surface area contributed by atoms with E-state index in [2.05, 4.69) is 36.2 Å². The summed E-state index contributed by atoms with van der Waals surface area (Å²) in [6.07, 6.45) is 4.20. The van der Waals surface area contributed by atoms with E-state index in [9.17, 15) is 4.79 Å². The average Bonchev–Trinajstić information content (AvgIpc) is 2.58. The number of rotatable bonds is 4.